The lowest BCUT2D eigenvalue weighted by atomic mass is 10.3. The first kappa shape index (κ1) is 13.2. The van der Waals surface area contributed by atoms with Gasteiger partial charge in [-0.2, -0.15) is 0 Å². The normalized spacial score (nSPS) is 10.7. The van der Waals surface area contributed by atoms with E-state index >= 15 is 0 Å². The van der Waals surface area contributed by atoms with Crippen LogP contribution in [0.5, 0.6) is 0 Å². The van der Waals surface area contributed by atoms with Crippen LogP contribution in [-0.4, -0.2) is 25.7 Å². The van der Waals surface area contributed by atoms with E-state index in [0.29, 0.717) is 0 Å². The van der Waals surface area contributed by atoms with Crippen LogP contribution in [0.4, 0.5) is 5.69 Å². The minimum Gasteiger partial charge on any atom is -0.371 e. The fourth-order valence-corrected chi connectivity index (χ4v) is 4.64. The number of rotatable bonds is 3. The van der Waals surface area contributed by atoms with Crippen molar-refractivity contribution in [1.82, 2.24) is 4.90 Å². The zero-order valence-electron chi connectivity index (χ0n) is 7.87. The van der Waals surface area contributed by atoms with Crippen LogP contribution in [0, 0.1) is 16.8 Å². The average molecular weight is 527 g/mol. The standard InChI is InChI=1S/C9H10I3N2/c1-14(2)5-13-9-7(11)3-6(10)4-8(9)12/h3,13H,5H2,1-2H3. The van der Waals surface area contributed by atoms with Crippen LogP contribution in [0.2, 0.25) is 0 Å². The molecule has 0 atom stereocenters. The summed E-state index contributed by atoms with van der Waals surface area (Å²) in [6, 6.07) is 5.42. The second kappa shape index (κ2) is 6.04. The van der Waals surface area contributed by atoms with E-state index < -0.39 is 0 Å². The molecule has 0 bridgehead atoms. The molecular formula is C9H10I3N2. The average Bonchev–Trinajstić information content (AvgIpc) is 2.01. The molecule has 0 unspecified atom stereocenters. The number of hydrogen-bond donors (Lipinski definition) is 1. The number of nitrogens with one attached hydrogen (secondary N) is 1. The van der Waals surface area contributed by atoms with Crippen LogP contribution in [-0.2, 0) is 0 Å². The molecule has 1 N–H and O–H groups in total. The molecule has 0 aliphatic carbocycles. The summed E-state index contributed by atoms with van der Waals surface area (Å²) in [6.07, 6.45) is 0. The summed E-state index contributed by atoms with van der Waals surface area (Å²) in [6.45, 7) is 0.848. The van der Waals surface area contributed by atoms with Gasteiger partial charge in [-0.25, -0.2) is 0 Å². The molecule has 0 aliphatic heterocycles. The number of benzene rings is 1. The predicted molar refractivity (Wildman–Crippen MR) is 85.6 cm³/mol. The van der Waals surface area contributed by atoms with Crippen LogP contribution in [0.15, 0.2) is 6.07 Å². The number of hydrogen-bond acceptors (Lipinski definition) is 2. The van der Waals surface area contributed by atoms with Crippen molar-refractivity contribution in [1.29, 1.82) is 0 Å². The van der Waals surface area contributed by atoms with Crippen LogP contribution in [0.1, 0.15) is 0 Å². The Morgan fingerprint density at radius 1 is 1.36 bits per heavy atom. The summed E-state index contributed by atoms with van der Waals surface area (Å²) in [7, 11) is 4.09. The molecule has 0 spiro atoms. The molecular weight excluding hydrogens is 517 g/mol. The number of halogens is 3. The van der Waals surface area contributed by atoms with E-state index in [4.69, 9.17) is 0 Å². The highest BCUT2D eigenvalue weighted by atomic mass is 127. The maximum Gasteiger partial charge on any atom is 0.0674 e. The molecule has 0 amide bonds. The van der Waals surface area contributed by atoms with Crippen molar-refractivity contribution >= 4 is 73.5 Å². The highest BCUT2D eigenvalue weighted by molar-refractivity contribution is 14.1. The zero-order valence-corrected chi connectivity index (χ0v) is 14.3. The molecule has 1 aromatic carbocycles. The largest absolute Gasteiger partial charge is 0.371 e. The molecule has 14 heavy (non-hydrogen) atoms. The van der Waals surface area contributed by atoms with Gasteiger partial charge < -0.3 is 5.32 Å². The smallest absolute Gasteiger partial charge is 0.0674 e. The van der Waals surface area contributed by atoms with E-state index in [-0.39, 0.29) is 0 Å². The van der Waals surface area contributed by atoms with Crippen molar-refractivity contribution in [2.75, 3.05) is 26.1 Å². The number of anilines is 1. The molecule has 77 valence electrons. The topological polar surface area (TPSA) is 15.3 Å². The van der Waals surface area contributed by atoms with Gasteiger partial charge in [0.2, 0.25) is 0 Å². The monoisotopic (exact) mass is 527 g/mol. The Morgan fingerprint density at radius 3 is 2.50 bits per heavy atom. The first-order valence-corrected chi connectivity index (χ1v) is 7.19. The molecule has 5 heteroatoms. The first-order chi connectivity index (χ1) is 6.50. The molecule has 0 saturated heterocycles. The number of nitrogens with zero attached hydrogens (tertiary/aromatic N) is 1. The SMILES string of the molecule is CN(C)CNc1c(I)[c]c(I)cc1I. The Balaban J connectivity index is 2.86. The molecule has 0 saturated carbocycles. The Hall–Kier alpha value is 1.17. The minimum absolute atomic E-state index is 0.848. The van der Waals surface area contributed by atoms with Gasteiger partial charge in [-0.1, -0.05) is 0 Å². The van der Waals surface area contributed by atoms with Crippen molar-refractivity contribution < 1.29 is 0 Å². The second-order valence-corrected chi connectivity index (χ2v) is 6.47. The molecule has 1 aromatic rings. The summed E-state index contributed by atoms with van der Waals surface area (Å²) >= 11 is 6.95. The molecule has 0 heterocycles. The van der Waals surface area contributed by atoms with E-state index in [0.717, 1.165) is 13.8 Å². The summed E-state index contributed by atoms with van der Waals surface area (Å²) in [4.78, 5) is 2.10. The van der Waals surface area contributed by atoms with Crippen molar-refractivity contribution in [2.24, 2.45) is 0 Å². The van der Waals surface area contributed by atoms with Gasteiger partial charge in [0.05, 0.1) is 12.4 Å². The molecule has 1 rings (SSSR count). The molecule has 0 aliphatic rings. The first-order valence-electron chi connectivity index (χ1n) is 3.96. The van der Waals surface area contributed by atoms with E-state index in [1.165, 1.54) is 9.26 Å². The van der Waals surface area contributed by atoms with Crippen LogP contribution >= 0.6 is 67.8 Å². The molecule has 0 aromatic heterocycles. The molecule has 2 nitrogen and oxygen atoms in total. The van der Waals surface area contributed by atoms with Crippen molar-refractivity contribution in [3.05, 3.63) is 22.8 Å². The van der Waals surface area contributed by atoms with Crippen LogP contribution < -0.4 is 5.32 Å². The summed E-state index contributed by atoms with van der Waals surface area (Å²) in [5.41, 5.74) is 1.18. The van der Waals surface area contributed by atoms with Gasteiger partial charge in [0, 0.05) is 16.8 Å². The van der Waals surface area contributed by atoms with E-state index in [1.807, 2.05) is 14.1 Å². The summed E-state index contributed by atoms with van der Waals surface area (Å²) in [5.74, 6) is 0. The fraction of sp³-hybridized carbons (Fsp3) is 0.333. The van der Waals surface area contributed by atoms with Gasteiger partial charge in [0.25, 0.3) is 0 Å². The van der Waals surface area contributed by atoms with Crippen molar-refractivity contribution in [3.8, 4) is 0 Å². The van der Waals surface area contributed by atoms with Crippen molar-refractivity contribution in [3.63, 3.8) is 0 Å². The Kier molecular flexibility index (Phi) is 5.71. The quantitative estimate of drug-likeness (QED) is 0.481. The fourth-order valence-electron chi connectivity index (χ4n) is 0.891. The van der Waals surface area contributed by atoms with Gasteiger partial charge in [-0.05, 0) is 87.9 Å². The van der Waals surface area contributed by atoms with E-state index in [9.17, 15) is 0 Å². The highest BCUT2D eigenvalue weighted by Crippen LogP contribution is 2.26. The predicted octanol–water partition coefficient (Wildman–Crippen LogP) is 3.23. The van der Waals surface area contributed by atoms with Crippen LogP contribution in [0.3, 0.4) is 0 Å². The lowest BCUT2D eigenvalue weighted by Crippen LogP contribution is -2.21. The third-order valence-electron chi connectivity index (χ3n) is 1.51. The second-order valence-electron chi connectivity index (χ2n) is 3.07. The lowest BCUT2D eigenvalue weighted by Gasteiger charge is -2.15. The summed E-state index contributed by atoms with van der Waals surface area (Å²) in [5, 5.41) is 3.38. The summed E-state index contributed by atoms with van der Waals surface area (Å²) < 4.78 is 3.56. The third kappa shape index (κ3) is 3.97. The lowest BCUT2D eigenvalue weighted by molar-refractivity contribution is 0.440. The Bertz CT molecular complexity index is 303. The van der Waals surface area contributed by atoms with Crippen molar-refractivity contribution in [2.45, 2.75) is 0 Å². The Labute approximate surface area is 126 Å². The molecule has 1 radical (unpaired) electrons. The maximum atomic E-state index is 3.38. The van der Waals surface area contributed by atoms with Crippen LogP contribution in [0.25, 0.3) is 0 Å². The van der Waals surface area contributed by atoms with Gasteiger partial charge in [0.15, 0.2) is 0 Å². The zero-order chi connectivity index (χ0) is 10.7. The Morgan fingerprint density at radius 2 is 2.00 bits per heavy atom. The van der Waals surface area contributed by atoms with E-state index in [1.54, 1.807) is 0 Å². The van der Waals surface area contributed by atoms with Gasteiger partial charge in [-0.15, -0.1) is 0 Å². The van der Waals surface area contributed by atoms with E-state index in [2.05, 4.69) is 90.1 Å². The minimum atomic E-state index is 0.848. The van der Waals surface area contributed by atoms with Gasteiger partial charge in [-0.3, -0.25) is 4.90 Å². The van der Waals surface area contributed by atoms with Gasteiger partial charge in [0.1, 0.15) is 0 Å². The van der Waals surface area contributed by atoms with Gasteiger partial charge >= 0.3 is 0 Å². The third-order valence-corrected chi connectivity index (χ3v) is 3.75. The highest BCUT2D eigenvalue weighted by Gasteiger charge is 2.06. The molecule has 0 fully saturated rings. The maximum absolute atomic E-state index is 3.38.